The lowest BCUT2D eigenvalue weighted by atomic mass is 10.4. The molecule has 5 heteroatoms. The molecule has 0 radical (unpaired) electrons. The third-order valence-corrected chi connectivity index (χ3v) is 1.72. The number of imidazole rings is 1. The molecule has 13 heavy (non-hydrogen) atoms. The molecule has 0 spiro atoms. The molecule has 2 aromatic heterocycles. The highest BCUT2D eigenvalue weighted by Crippen LogP contribution is 2.09. The van der Waals surface area contributed by atoms with Crippen LogP contribution in [0, 0.1) is 0 Å². The minimum Gasteiger partial charge on any atom is -0.333 e. The number of hydrogen-bond donors (Lipinski definition) is 1. The Labute approximate surface area is 74.1 Å². The molecule has 0 aromatic carbocycles. The number of rotatable bonds is 1. The summed E-state index contributed by atoms with van der Waals surface area (Å²) in [6.07, 6.45) is 6.29. The maximum absolute atomic E-state index is 10.7. The molecule has 2 aromatic rings. The summed E-state index contributed by atoms with van der Waals surface area (Å²) in [4.78, 5) is 21.3. The maximum Gasteiger partial charge on any atom is 0.266 e. The van der Waals surface area contributed by atoms with Crippen molar-refractivity contribution >= 4 is 0 Å². The van der Waals surface area contributed by atoms with Crippen LogP contribution < -0.4 is 5.56 Å². The topological polar surface area (TPSA) is 63.6 Å². The monoisotopic (exact) mass is 176 g/mol. The standard InChI is InChI=1S/C8H8N4O/c1-12-3-2-9-8(12)6-4-11-7(13)5-10-6/h2-5H,1H3,(H,11,13). The van der Waals surface area contributed by atoms with Crippen LogP contribution in [0.4, 0.5) is 0 Å². The summed E-state index contributed by atoms with van der Waals surface area (Å²) in [5.41, 5.74) is 0.449. The predicted octanol–water partition coefficient (Wildman–Crippen LogP) is 0.170. The molecule has 0 saturated carbocycles. The van der Waals surface area contributed by atoms with Crippen molar-refractivity contribution in [2.24, 2.45) is 7.05 Å². The lowest BCUT2D eigenvalue weighted by molar-refractivity contribution is 0.913. The first-order valence-electron chi connectivity index (χ1n) is 3.80. The summed E-state index contributed by atoms with van der Waals surface area (Å²) in [6, 6.07) is 0. The Kier molecular flexibility index (Phi) is 1.70. The van der Waals surface area contributed by atoms with Gasteiger partial charge < -0.3 is 9.55 Å². The fourth-order valence-corrected chi connectivity index (χ4v) is 1.08. The van der Waals surface area contributed by atoms with Gasteiger partial charge in [-0.1, -0.05) is 0 Å². The lowest BCUT2D eigenvalue weighted by Gasteiger charge is -1.98. The Hall–Kier alpha value is -1.91. The average molecular weight is 176 g/mol. The second kappa shape index (κ2) is 2.85. The van der Waals surface area contributed by atoms with E-state index >= 15 is 0 Å². The zero-order chi connectivity index (χ0) is 9.26. The first-order chi connectivity index (χ1) is 6.27. The number of aryl methyl sites for hydroxylation is 1. The van der Waals surface area contributed by atoms with Gasteiger partial charge in [0, 0.05) is 25.6 Å². The number of nitrogens with one attached hydrogen (secondary N) is 1. The SMILES string of the molecule is Cn1ccnc1-c1c[nH]c(=O)cn1. The van der Waals surface area contributed by atoms with E-state index in [0.717, 1.165) is 5.82 Å². The van der Waals surface area contributed by atoms with E-state index in [9.17, 15) is 4.79 Å². The highest BCUT2D eigenvalue weighted by Gasteiger charge is 2.03. The molecule has 0 bridgehead atoms. The van der Waals surface area contributed by atoms with Crippen molar-refractivity contribution in [3.05, 3.63) is 35.1 Å². The van der Waals surface area contributed by atoms with Gasteiger partial charge in [0.1, 0.15) is 5.69 Å². The minimum absolute atomic E-state index is 0.210. The summed E-state index contributed by atoms with van der Waals surface area (Å²) in [6.45, 7) is 0. The van der Waals surface area contributed by atoms with Crippen molar-refractivity contribution in [2.45, 2.75) is 0 Å². The van der Waals surface area contributed by atoms with E-state index in [1.54, 1.807) is 12.4 Å². The quantitative estimate of drug-likeness (QED) is 0.673. The van der Waals surface area contributed by atoms with Crippen LogP contribution in [0.2, 0.25) is 0 Å². The smallest absolute Gasteiger partial charge is 0.266 e. The summed E-state index contributed by atoms with van der Waals surface area (Å²) >= 11 is 0. The van der Waals surface area contributed by atoms with E-state index in [1.165, 1.54) is 6.20 Å². The molecule has 1 N–H and O–H groups in total. The molecule has 0 amide bonds. The molecular weight excluding hydrogens is 168 g/mol. The number of hydrogen-bond acceptors (Lipinski definition) is 3. The predicted molar refractivity (Wildman–Crippen MR) is 47.1 cm³/mol. The van der Waals surface area contributed by atoms with Crippen molar-refractivity contribution in [3.63, 3.8) is 0 Å². The lowest BCUT2D eigenvalue weighted by Crippen LogP contribution is -2.05. The van der Waals surface area contributed by atoms with E-state index < -0.39 is 0 Å². The number of aromatic nitrogens is 4. The fraction of sp³-hybridized carbons (Fsp3) is 0.125. The molecule has 66 valence electrons. The minimum atomic E-state index is -0.210. The molecule has 0 aliphatic heterocycles. The van der Waals surface area contributed by atoms with Gasteiger partial charge in [0.2, 0.25) is 0 Å². The van der Waals surface area contributed by atoms with Crippen LogP contribution in [0.1, 0.15) is 0 Å². The Bertz CT molecular complexity index is 450. The summed E-state index contributed by atoms with van der Waals surface area (Å²) in [5, 5.41) is 0. The molecule has 5 nitrogen and oxygen atoms in total. The van der Waals surface area contributed by atoms with Crippen LogP contribution in [0.3, 0.4) is 0 Å². The van der Waals surface area contributed by atoms with Crippen LogP contribution in [-0.4, -0.2) is 19.5 Å². The van der Waals surface area contributed by atoms with Gasteiger partial charge in [-0.2, -0.15) is 0 Å². The van der Waals surface area contributed by atoms with Gasteiger partial charge in [0.05, 0.1) is 6.20 Å². The first-order valence-corrected chi connectivity index (χ1v) is 3.80. The van der Waals surface area contributed by atoms with Gasteiger partial charge in [0.15, 0.2) is 5.82 Å². The molecular formula is C8H8N4O. The van der Waals surface area contributed by atoms with Crippen LogP contribution >= 0.6 is 0 Å². The Morgan fingerprint density at radius 1 is 1.46 bits per heavy atom. The molecule has 2 rings (SSSR count). The number of aromatic amines is 1. The Balaban J connectivity index is 2.53. The Morgan fingerprint density at radius 3 is 2.85 bits per heavy atom. The van der Waals surface area contributed by atoms with Crippen molar-refractivity contribution in [1.29, 1.82) is 0 Å². The molecule has 2 heterocycles. The molecule has 0 atom stereocenters. The van der Waals surface area contributed by atoms with Crippen molar-refractivity contribution in [2.75, 3.05) is 0 Å². The van der Waals surface area contributed by atoms with Gasteiger partial charge in [-0.15, -0.1) is 0 Å². The van der Waals surface area contributed by atoms with Gasteiger partial charge in [-0.3, -0.25) is 4.79 Å². The highest BCUT2D eigenvalue weighted by atomic mass is 16.1. The normalized spacial score (nSPS) is 10.2. The van der Waals surface area contributed by atoms with Crippen LogP contribution in [0.15, 0.2) is 29.6 Å². The average Bonchev–Trinajstić information content (AvgIpc) is 2.53. The van der Waals surface area contributed by atoms with E-state index in [2.05, 4.69) is 15.0 Å². The third-order valence-electron chi connectivity index (χ3n) is 1.72. The summed E-state index contributed by atoms with van der Waals surface area (Å²) in [5.74, 6) is 0.733. The van der Waals surface area contributed by atoms with Crippen molar-refractivity contribution < 1.29 is 0 Å². The number of nitrogens with zero attached hydrogens (tertiary/aromatic N) is 3. The van der Waals surface area contributed by atoms with E-state index in [0.29, 0.717) is 5.69 Å². The molecule has 0 fully saturated rings. The molecule has 0 saturated heterocycles. The van der Waals surface area contributed by atoms with Gasteiger partial charge >= 0.3 is 0 Å². The summed E-state index contributed by atoms with van der Waals surface area (Å²) < 4.78 is 1.83. The third kappa shape index (κ3) is 1.35. The highest BCUT2D eigenvalue weighted by molar-refractivity contribution is 5.47. The largest absolute Gasteiger partial charge is 0.333 e. The molecule has 0 aliphatic carbocycles. The zero-order valence-corrected chi connectivity index (χ0v) is 7.06. The van der Waals surface area contributed by atoms with E-state index in [-0.39, 0.29) is 5.56 Å². The van der Waals surface area contributed by atoms with Crippen molar-refractivity contribution in [3.8, 4) is 11.5 Å². The van der Waals surface area contributed by atoms with Crippen LogP contribution in [0.5, 0.6) is 0 Å². The van der Waals surface area contributed by atoms with Gasteiger partial charge in [-0.05, 0) is 0 Å². The van der Waals surface area contributed by atoms with Gasteiger partial charge in [-0.25, -0.2) is 9.97 Å². The van der Waals surface area contributed by atoms with E-state index in [4.69, 9.17) is 0 Å². The number of H-pyrrole nitrogens is 1. The zero-order valence-electron chi connectivity index (χ0n) is 7.06. The van der Waals surface area contributed by atoms with Gasteiger partial charge in [0.25, 0.3) is 5.56 Å². The maximum atomic E-state index is 10.7. The van der Waals surface area contributed by atoms with E-state index in [1.807, 2.05) is 17.8 Å². The van der Waals surface area contributed by atoms with Crippen LogP contribution in [0.25, 0.3) is 11.5 Å². The molecule has 0 aliphatic rings. The van der Waals surface area contributed by atoms with Crippen LogP contribution in [-0.2, 0) is 7.05 Å². The summed E-state index contributed by atoms with van der Waals surface area (Å²) in [7, 11) is 1.87. The second-order valence-electron chi connectivity index (χ2n) is 2.66. The second-order valence-corrected chi connectivity index (χ2v) is 2.66. The fourth-order valence-electron chi connectivity index (χ4n) is 1.08. The Morgan fingerprint density at radius 2 is 2.31 bits per heavy atom. The molecule has 0 unspecified atom stereocenters. The van der Waals surface area contributed by atoms with Crippen molar-refractivity contribution in [1.82, 2.24) is 19.5 Å². The first kappa shape index (κ1) is 7.72.